The van der Waals surface area contributed by atoms with Gasteiger partial charge in [-0.15, -0.1) is 0 Å². The lowest BCUT2D eigenvalue weighted by atomic mass is 10.1. The van der Waals surface area contributed by atoms with Crippen molar-refractivity contribution in [2.75, 3.05) is 6.54 Å². The molecular weight excluding hydrogens is 366 g/mol. The Morgan fingerprint density at radius 2 is 1.86 bits per heavy atom. The Balaban J connectivity index is 1.32. The number of benzene rings is 2. The second-order valence-corrected chi connectivity index (χ2v) is 7.21. The summed E-state index contributed by atoms with van der Waals surface area (Å²) in [5, 5.41) is 7.08. The van der Waals surface area contributed by atoms with E-state index in [-0.39, 0.29) is 11.8 Å². The fraction of sp³-hybridized carbons (Fsp3) is 0.273. The van der Waals surface area contributed by atoms with Gasteiger partial charge < -0.3 is 10.2 Å². The van der Waals surface area contributed by atoms with E-state index in [1.807, 2.05) is 47.4 Å². The molecule has 0 unspecified atom stereocenters. The quantitative estimate of drug-likeness (QED) is 0.673. The number of nitrogens with zero attached hydrogens (tertiary/aromatic N) is 4. The van der Waals surface area contributed by atoms with Crippen LogP contribution in [0.5, 0.6) is 0 Å². The molecule has 148 valence electrons. The van der Waals surface area contributed by atoms with Crippen LogP contribution in [0.2, 0.25) is 0 Å². The number of aromatic nitrogens is 3. The highest BCUT2D eigenvalue weighted by Crippen LogP contribution is 2.15. The van der Waals surface area contributed by atoms with Gasteiger partial charge in [0.05, 0.1) is 6.54 Å². The largest absolute Gasteiger partial charge is 0.348 e. The number of rotatable bonds is 7. The van der Waals surface area contributed by atoms with Crippen molar-refractivity contribution in [2.45, 2.75) is 32.5 Å². The Morgan fingerprint density at radius 1 is 1.03 bits per heavy atom. The van der Waals surface area contributed by atoms with Crippen molar-refractivity contribution in [3.8, 4) is 0 Å². The summed E-state index contributed by atoms with van der Waals surface area (Å²) in [4.78, 5) is 30.0. The lowest BCUT2D eigenvalue weighted by Crippen LogP contribution is -2.24. The number of amides is 2. The van der Waals surface area contributed by atoms with Crippen LogP contribution in [-0.2, 0) is 24.4 Å². The van der Waals surface area contributed by atoms with Gasteiger partial charge in [-0.2, -0.15) is 5.10 Å². The van der Waals surface area contributed by atoms with Crippen LogP contribution < -0.4 is 5.32 Å². The van der Waals surface area contributed by atoms with Gasteiger partial charge in [0.15, 0.2) is 0 Å². The molecule has 0 atom stereocenters. The standard InChI is InChI=1S/C22H23N5O2/c28-21-5-2-10-26(21)13-17-6-8-20(9-7-17)22(29)24-12-18-3-1-4-19(11-18)14-27-16-23-15-25-27/h1,3-4,6-9,11,15-16H,2,5,10,12-14H2,(H,24,29). The number of hydrogen-bond acceptors (Lipinski definition) is 4. The Labute approximate surface area is 169 Å². The molecule has 1 N–H and O–H groups in total. The Bertz CT molecular complexity index is 983. The summed E-state index contributed by atoms with van der Waals surface area (Å²) in [6, 6.07) is 15.5. The van der Waals surface area contributed by atoms with E-state index in [2.05, 4.69) is 21.5 Å². The van der Waals surface area contributed by atoms with Gasteiger partial charge in [-0.25, -0.2) is 9.67 Å². The van der Waals surface area contributed by atoms with Crippen LogP contribution in [0.4, 0.5) is 0 Å². The second-order valence-electron chi connectivity index (χ2n) is 7.21. The fourth-order valence-corrected chi connectivity index (χ4v) is 3.48. The number of nitrogens with one attached hydrogen (secondary N) is 1. The van der Waals surface area contributed by atoms with Crippen LogP contribution >= 0.6 is 0 Å². The Kier molecular flexibility index (Phi) is 5.65. The third-order valence-corrected chi connectivity index (χ3v) is 5.02. The zero-order chi connectivity index (χ0) is 20.1. The topological polar surface area (TPSA) is 80.1 Å². The van der Waals surface area contributed by atoms with Crippen LogP contribution in [0.15, 0.2) is 61.2 Å². The van der Waals surface area contributed by atoms with Gasteiger partial charge in [-0.1, -0.05) is 36.4 Å². The van der Waals surface area contributed by atoms with Gasteiger partial charge in [0.1, 0.15) is 12.7 Å². The highest BCUT2D eigenvalue weighted by molar-refractivity contribution is 5.94. The number of carbonyl (C=O) groups excluding carboxylic acids is 2. The molecule has 3 aromatic rings. The molecule has 1 aliphatic rings. The number of hydrogen-bond donors (Lipinski definition) is 1. The molecule has 1 saturated heterocycles. The normalized spacial score (nSPS) is 13.7. The first-order valence-corrected chi connectivity index (χ1v) is 9.72. The Morgan fingerprint density at radius 3 is 2.59 bits per heavy atom. The molecule has 0 bridgehead atoms. The minimum absolute atomic E-state index is 0.115. The summed E-state index contributed by atoms with van der Waals surface area (Å²) in [6.07, 6.45) is 4.76. The van der Waals surface area contributed by atoms with Gasteiger partial charge in [-0.05, 0) is 35.2 Å². The minimum Gasteiger partial charge on any atom is -0.348 e. The molecule has 1 fully saturated rings. The van der Waals surface area contributed by atoms with Gasteiger partial charge in [0.2, 0.25) is 5.91 Å². The molecule has 1 aliphatic heterocycles. The average Bonchev–Trinajstić information content (AvgIpc) is 3.39. The predicted octanol–water partition coefficient (Wildman–Crippen LogP) is 2.38. The van der Waals surface area contributed by atoms with Gasteiger partial charge >= 0.3 is 0 Å². The summed E-state index contributed by atoms with van der Waals surface area (Å²) in [7, 11) is 0. The van der Waals surface area contributed by atoms with E-state index in [9.17, 15) is 9.59 Å². The lowest BCUT2D eigenvalue weighted by molar-refractivity contribution is -0.128. The third kappa shape index (κ3) is 4.87. The molecule has 7 heteroatoms. The fourth-order valence-electron chi connectivity index (χ4n) is 3.48. The van der Waals surface area contributed by atoms with E-state index >= 15 is 0 Å². The maximum atomic E-state index is 12.5. The average molecular weight is 389 g/mol. The summed E-state index contributed by atoms with van der Waals surface area (Å²) in [5.74, 6) is 0.0911. The first-order valence-electron chi connectivity index (χ1n) is 9.72. The van der Waals surface area contributed by atoms with Gasteiger partial charge in [0, 0.05) is 31.6 Å². The SMILES string of the molecule is O=C(NCc1cccc(Cn2cncn2)c1)c1ccc(CN2CCCC2=O)cc1. The van der Waals surface area contributed by atoms with Crippen LogP contribution in [0.25, 0.3) is 0 Å². The predicted molar refractivity (Wildman–Crippen MR) is 108 cm³/mol. The summed E-state index contributed by atoms with van der Waals surface area (Å²) in [5.41, 5.74) is 3.78. The van der Waals surface area contributed by atoms with Crippen molar-refractivity contribution in [2.24, 2.45) is 0 Å². The molecule has 0 radical (unpaired) electrons. The molecule has 4 rings (SSSR count). The molecule has 0 saturated carbocycles. The minimum atomic E-state index is -0.115. The van der Waals surface area contributed by atoms with Crippen molar-refractivity contribution >= 4 is 11.8 Å². The van der Waals surface area contributed by atoms with E-state index in [0.29, 0.717) is 31.6 Å². The highest BCUT2D eigenvalue weighted by Gasteiger charge is 2.19. The number of carbonyl (C=O) groups is 2. The van der Waals surface area contributed by atoms with Crippen molar-refractivity contribution in [3.63, 3.8) is 0 Å². The molecule has 2 heterocycles. The highest BCUT2D eigenvalue weighted by atomic mass is 16.2. The van der Waals surface area contributed by atoms with E-state index < -0.39 is 0 Å². The van der Waals surface area contributed by atoms with E-state index in [1.165, 1.54) is 6.33 Å². The number of likely N-dealkylation sites (tertiary alicyclic amines) is 1. The van der Waals surface area contributed by atoms with E-state index in [1.54, 1.807) is 11.0 Å². The maximum absolute atomic E-state index is 12.5. The van der Waals surface area contributed by atoms with Gasteiger partial charge in [0.25, 0.3) is 5.91 Å². The van der Waals surface area contributed by atoms with E-state index in [4.69, 9.17) is 0 Å². The first kappa shape index (κ1) is 18.9. The van der Waals surface area contributed by atoms with Crippen molar-refractivity contribution in [1.82, 2.24) is 25.0 Å². The van der Waals surface area contributed by atoms with Crippen LogP contribution in [0.1, 0.15) is 39.9 Å². The van der Waals surface area contributed by atoms with Crippen LogP contribution in [0, 0.1) is 0 Å². The molecule has 0 aliphatic carbocycles. The molecule has 2 amide bonds. The molecular formula is C22H23N5O2. The monoisotopic (exact) mass is 389 g/mol. The van der Waals surface area contributed by atoms with Crippen LogP contribution in [0.3, 0.4) is 0 Å². The van der Waals surface area contributed by atoms with Crippen LogP contribution in [-0.4, -0.2) is 38.0 Å². The maximum Gasteiger partial charge on any atom is 0.251 e. The summed E-state index contributed by atoms with van der Waals surface area (Å²) in [6.45, 7) is 2.52. The van der Waals surface area contributed by atoms with E-state index in [0.717, 1.165) is 29.7 Å². The Hall–Kier alpha value is -3.48. The summed E-state index contributed by atoms with van der Waals surface area (Å²) < 4.78 is 1.76. The molecule has 0 spiro atoms. The molecule has 29 heavy (non-hydrogen) atoms. The lowest BCUT2D eigenvalue weighted by Gasteiger charge is -2.15. The van der Waals surface area contributed by atoms with Crippen molar-refractivity contribution < 1.29 is 9.59 Å². The zero-order valence-corrected chi connectivity index (χ0v) is 16.1. The smallest absolute Gasteiger partial charge is 0.251 e. The van der Waals surface area contributed by atoms with Crippen molar-refractivity contribution in [1.29, 1.82) is 0 Å². The molecule has 7 nitrogen and oxygen atoms in total. The van der Waals surface area contributed by atoms with Crippen molar-refractivity contribution in [3.05, 3.63) is 83.4 Å². The second kappa shape index (κ2) is 8.68. The molecule has 1 aromatic heterocycles. The molecule has 2 aromatic carbocycles. The zero-order valence-electron chi connectivity index (χ0n) is 16.1. The first-order chi connectivity index (χ1) is 14.2. The summed E-state index contributed by atoms with van der Waals surface area (Å²) >= 11 is 0. The van der Waals surface area contributed by atoms with Gasteiger partial charge in [-0.3, -0.25) is 9.59 Å². The third-order valence-electron chi connectivity index (χ3n) is 5.02.